The fraction of sp³-hybridized carbons (Fsp3) is 0.545. The van der Waals surface area contributed by atoms with E-state index >= 15 is 0 Å². The van der Waals surface area contributed by atoms with Gasteiger partial charge in [-0.1, -0.05) is 0 Å². The SMILES string of the molecule is CCN(C(=O)Nc1ccc(Br)o1)C(C)(C)C. The summed E-state index contributed by atoms with van der Waals surface area (Å²) < 4.78 is 5.82. The highest BCUT2D eigenvalue weighted by Crippen LogP contribution is 2.20. The van der Waals surface area contributed by atoms with E-state index in [-0.39, 0.29) is 11.6 Å². The minimum atomic E-state index is -0.206. The van der Waals surface area contributed by atoms with Gasteiger partial charge in [0.05, 0.1) is 0 Å². The van der Waals surface area contributed by atoms with Gasteiger partial charge in [-0.15, -0.1) is 0 Å². The molecule has 0 bridgehead atoms. The quantitative estimate of drug-likeness (QED) is 0.902. The van der Waals surface area contributed by atoms with E-state index in [1.807, 2.05) is 27.7 Å². The molecule has 90 valence electrons. The van der Waals surface area contributed by atoms with Gasteiger partial charge in [-0.05, 0) is 49.7 Å². The summed E-state index contributed by atoms with van der Waals surface area (Å²) in [6.07, 6.45) is 0. The van der Waals surface area contributed by atoms with Gasteiger partial charge in [0.2, 0.25) is 5.88 Å². The molecule has 1 aromatic heterocycles. The first-order valence-electron chi connectivity index (χ1n) is 5.18. The lowest BCUT2D eigenvalue weighted by Crippen LogP contribution is -2.47. The predicted molar refractivity (Wildman–Crippen MR) is 67.6 cm³/mol. The molecule has 1 aromatic rings. The number of carbonyl (C=O) groups excluding carboxylic acids is 1. The Bertz CT molecular complexity index is 368. The van der Waals surface area contributed by atoms with Gasteiger partial charge in [-0.25, -0.2) is 4.79 Å². The summed E-state index contributed by atoms with van der Waals surface area (Å²) >= 11 is 3.18. The van der Waals surface area contributed by atoms with Crippen LogP contribution >= 0.6 is 15.9 Å². The number of furan rings is 1. The van der Waals surface area contributed by atoms with Crippen molar-refractivity contribution in [3.8, 4) is 0 Å². The molecule has 0 fully saturated rings. The first kappa shape index (κ1) is 13.1. The van der Waals surface area contributed by atoms with Crippen LogP contribution in [-0.4, -0.2) is 23.0 Å². The van der Waals surface area contributed by atoms with Crippen LogP contribution in [0.15, 0.2) is 21.2 Å². The summed E-state index contributed by atoms with van der Waals surface area (Å²) in [6.45, 7) is 8.58. The van der Waals surface area contributed by atoms with Crippen molar-refractivity contribution in [2.24, 2.45) is 0 Å². The number of amides is 2. The third kappa shape index (κ3) is 3.27. The van der Waals surface area contributed by atoms with Crippen LogP contribution in [0.5, 0.6) is 0 Å². The average Bonchev–Trinajstić information content (AvgIpc) is 2.49. The monoisotopic (exact) mass is 288 g/mol. The zero-order valence-corrected chi connectivity index (χ0v) is 11.6. The maximum atomic E-state index is 11.9. The van der Waals surface area contributed by atoms with Crippen molar-refractivity contribution in [3.63, 3.8) is 0 Å². The van der Waals surface area contributed by atoms with E-state index < -0.39 is 0 Å². The van der Waals surface area contributed by atoms with Crippen LogP contribution in [0, 0.1) is 0 Å². The van der Waals surface area contributed by atoms with Crippen LogP contribution in [0.4, 0.5) is 10.7 Å². The van der Waals surface area contributed by atoms with Crippen LogP contribution in [0.3, 0.4) is 0 Å². The fourth-order valence-electron chi connectivity index (χ4n) is 1.48. The lowest BCUT2D eigenvalue weighted by molar-refractivity contribution is 0.161. The number of nitrogens with zero attached hydrogens (tertiary/aromatic N) is 1. The molecule has 0 radical (unpaired) electrons. The van der Waals surface area contributed by atoms with E-state index in [9.17, 15) is 4.79 Å². The molecule has 0 unspecified atom stereocenters. The van der Waals surface area contributed by atoms with Crippen molar-refractivity contribution in [1.29, 1.82) is 0 Å². The van der Waals surface area contributed by atoms with Crippen molar-refractivity contribution in [2.75, 3.05) is 11.9 Å². The molecule has 1 rings (SSSR count). The number of hydrogen-bond donors (Lipinski definition) is 1. The Kier molecular flexibility index (Phi) is 4.02. The molecule has 5 heteroatoms. The molecular formula is C11H17BrN2O2. The van der Waals surface area contributed by atoms with Crippen molar-refractivity contribution in [2.45, 2.75) is 33.2 Å². The van der Waals surface area contributed by atoms with Crippen LogP contribution in [-0.2, 0) is 0 Å². The Morgan fingerprint density at radius 1 is 1.50 bits per heavy atom. The highest BCUT2D eigenvalue weighted by molar-refractivity contribution is 9.10. The molecular weight excluding hydrogens is 272 g/mol. The van der Waals surface area contributed by atoms with Gasteiger partial charge in [0.25, 0.3) is 0 Å². The molecule has 0 spiro atoms. The molecule has 0 atom stereocenters. The van der Waals surface area contributed by atoms with Crippen LogP contribution < -0.4 is 5.32 Å². The van der Waals surface area contributed by atoms with Crippen molar-refractivity contribution < 1.29 is 9.21 Å². The van der Waals surface area contributed by atoms with E-state index in [2.05, 4.69) is 21.2 Å². The van der Waals surface area contributed by atoms with Crippen molar-refractivity contribution >= 4 is 27.8 Å². The molecule has 0 aliphatic carbocycles. The Labute approximate surface area is 104 Å². The second kappa shape index (κ2) is 4.91. The Balaban J connectivity index is 2.71. The molecule has 0 saturated carbocycles. The van der Waals surface area contributed by atoms with E-state index in [1.165, 1.54) is 0 Å². The van der Waals surface area contributed by atoms with Gasteiger partial charge in [0, 0.05) is 18.2 Å². The summed E-state index contributed by atoms with van der Waals surface area (Å²) in [5, 5.41) is 2.71. The summed E-state index contributed by atoms with van der Waals surface area (Å²) in [6, 6.07) is 3.29. The lowest BCUT2D eigenvalue weighted by atomic mass is 10.1. The minimum Gasteiger partial charge on any atom is -0.434 e. The van der Waals surface area contributed by atoms with Crippen LogP contribution in [0.2, 0.25) is 0 Å². The van der Waals surface area contributed by atoms with Crippen molar-refractivity contribution in [3.05, 3.63) is 16.8 Å². The normalized spacial score (nSPS) is 11.3. The molecule has 1 heterocycles. The van der Waals surface area contributed by atoms with Gasteiger partial charge < -0.3 is 9.32 Å². The van der Waals surface area contributed by atoms with Crippen LogP contribution in [0.25, 0.3) is 0 Å². The number of anilines is 1. The first-order valence-corrected chi connectivity index (χ1v) is 5.98. The molecule has 16 heavy (non-hydrogen) atoms. The second-order valence-corrected chi connectivity index (χ2v) is 5.23. The Hall–Kier alpha value is -0.970. The molecule has 0 saturated heterocycles. The zero-order valence-electron chi connectivity index (χ0n) is 10.0. The smallest absolute Gasteiger partial charge is 0.324 e. The van der Waals surface area contributed by atoms with E-state index in [0.29, 0.717) is 17.1 Å². The molecule has 0 aromatic carbocycles. The second-order valence-electron chi connectivity index (χ2n) is 4.45. The lowest BCUT2D eigenvalue weighted by Gasteiger charge is -2.34. The topological polar surface area (TPSA) is 45.5 Å². The standard InChI is InChI=1S/C11H17BrN2O2/c1-5-14(11(2,3)4)10(15)13-9-7-6-8(12)16-9/h6-7H,5H2,1-4H3,(H,13,15). The van der Waals surface area contributed by atoms with Gasteiger partial charge in [0.15, 0.2) is 4.67 Å². The Morgan fingerprint density at radius 2 is 2.12 bits per heavy atom. The van der Waals surface area contributed by atoms with Crippen molar-refractivity contribution in [1.82, 2.24) is 4.90 Å². The molecule has 2 amide bonds. The predicted octanol–water partition coefficient (Wildman–Crippen LogP) is 3.69. The van der Waals surface area contributed by atoms with E-state index in [0.717, 1.165) is 0 Å². The van der Waals surface area contributed by atoms with Gasteiger partial charge in [0.1, 0.15) is 0 Å². The third-order valence-electron chi connectivity index (χ3n) is 2.17. The Morgan fingerprint density at radius 3 is 2.50 bits per heavy atom. The van der Waals surface area contributed by atoms with Gasteiger partial charge in [-0.3, -0.25) is 5.32 Å². The molecule has 0 aliphatic rings. The highest BCUT2D eigenvalue weighted by Gasteiger charge is 2.25. The fourth-order valence-corrected chi connectivity index (χ4v) is 1.78. The minimum absolute atomic E-state index is 0.156. The van der Waals surface area contributed by atoms with Crippen LogP contribution in [0.1, 0.15) is 27.7 Å². The molecule has 1 N–H and O–H groups in total. The van der Waals surface area contributed by atoms with E-state index in [4.69, 9.17) is 4.42 Å². The average molecular weight is 289 g/mol. The first-order chi connectivity index (χ1) is 7.34. The summed E-state index contributed by atoms with van der Waals surface area (Å²) in [4.78, 5) is 13.7. The zero-order chi connectivity index (χ0) is 12.3. The van der Waals surface area contributed by atoms with E-state index in [1.54, 1.807) is 17.0 Å². The molecule has 0 aliphatic heterocycles. The summed E-state index contributed by atoms with van der Waals surface area (Å²) in [7, 11) is 0. The third-order valence-corrected chi connectivity index (χ3v) is 2.60. The summed E-state index contributed by atoms with van der Waals surface area (Å²) in [5.74, 6) is 0.444. The number of nitrogens with one attached hydrogen (secondary N) is 1. The molecule has 4 nitrogen and oxygen atoms in total. The largest absolute Gasteiger partial charge is 0.434 e. The number of halogens is 1. The van der Waals surface area contributed by atoms with Gasteiger partial charge in [-0.2, -0.15) is 0 Å². The number of hydrogen-bond acceptors (Lipinski definition) is 2. The van der Waals surface area contributed by atoms with Gasteiger partial charge >= 0.3 is 6.03 Å². The summed E-state index contributed by atoms with van der Waals surface area (Å²) in [5.41, 5.74) is -0.206. The number of urea groups is 1. The highest BCUT2D eigenvalue weighted by atomic mass is 79.9. The maximum absolute atomic E-state index is 11.9. The number of rotatable bonds is 2. The maximum Gasteiger partial charge on any atom is 0.324 e. The number of carbonyl (C=O) groups is 1.